The largest absolute Gasteiger partial charge is 0.444 e. The Bertz CT molecular complexity index is 657. The maximum absolute atomic E-state index is 12.0. The zero-order valence-corrected chi connectivity index (χ0v) is 11.5. The molecule has 5 nitrogen and oxygen atoms in total. The van der Waals surface area contributed by atoms with Gasteiger partial charge in [0.05, 0.1) is 6.04 Å². The molecule has 0 N–H and O–H groups in total. The van der Waals surface area contributed by atoms with E-state index in [9.17, 15) is 4.79 Å². The second-order valence-electron chi connectivity index (χ2n) is 5.44. The molecule has 2 fully saturated rings. The monoisotopic (exact) mass is 281 g/mol. The summed E-state index contributed by atoms with van der Waals surface area (Å²) < 4.78 is 5.40. The maximum atomic E-state index is 12.0. The van der Waals surface area contributed by atoms with E-state index in [0.29, 0.717) is 5.82 Å². The van der Waals surface area contributed by atoms with E-state index >= 15 is 0 Å². The highest BCUT2D eigenvalue weighted by atomic mass is 16.6. The Morgan fingerprint density at radius 1 is 1.14 bits per heavy atom. The van der Waals surface area contributed by atoms with Gasteiger partial charge in [0.25, 0.3) is 0 Å². The number of hydrogen-bond donors (Lipinski definition) is 0. The van der Waals surface area contributed by atoms with Crippen molar-refractivity contribution in [1.82, 2.24) is 9.97 Å². The summed E-state index contributed by atoms with van der Waals surface area (Å²) in [5.74, 6) is 0.669. The van der Waals surface area contributed by atoms with Crippen LogP contribution in [0.25, 0.3) is 11.1 Å². The molecule has 0 aromatic carbocycles. The lowest BCUT2D eigenvalue weighted by Gasteiger charge is -2.19. The molecule has 2 aromatic heterocycles. The van der Waals surface area contributed by atoms with Crippen LogP contribution in [0.15, 0.2) is 42.9 Å². The van der Waals surface area contributed by atoms with Gasteiger partial charge in [-0.2, -0.15) is 0 Å². The topological polar surface area (TPSA) is 55.3 Å². The molecule has 1 aliphatic heterocycles. The maximum Gasteiger partial charge on any atom is 0.416 e. The normalized spacial score (nSPS) is 24.0. The van der Waals surface area contributed by atoms with E-state index in [1.165, 1.54) is 0 Å². The summed E-state index contributed by atoms with van der Waals surface area (Å²) in [7, 11) is 0. The van der Waals surface area contributed by atoms with Gasteiger partial charge in [-0.1, -0.05) is 6.07 Å². The number of anilines is 1. The summed E-state index contributed by atoms with van der Waals surface area (Å²) in [4.78, 5) is 22.2. The summed E-state index contributed by atoms with van der Waals surface area (Å²) in [5.41, 5.74) is 2.00. The Kier molecular flexibility index (Phi) is 2.84. The van der Waals surface area contributed by atoms with Crippen LogP contribution in [-0.2, 0) is 4.74 Å². The van der Waals surface area contributed by atoms with Crippen LogP contribution < -0.4 is 4.90 Å². The molecule has 0 spiro atoms. The van der Waals surface area contributed by atoms with Gasteiger partial charge in [0.1, 0.15) is 11.9 Å². The lowest BCUT2D eigenvalue weighted by atomic mass is 10.1. The van der Waals surface area contributed by atoms with Crippen LogP contribution >= 0.6 is 0 Å². The Balaban J connectivity index is 1.63. The first kappa shape index (κ1) is 12.3. The van der Waals surface area contributed by atoms with Gasteiger partial charge in [-0.15, -0.1) is 0 Å². The number of nitrogens with zero attached hydrogens (tertiary/aromatic N) is 3. The van der Waals surface area contributed by atoms with E-state index in [-0.39, 0.29) is 18.2 Å². The first-order chi connectivity index (χ1) is 10.3. The summed E-state index contributed by atoms with van der Waals surface area (Å²) in [6.07, 6.45) is 8.14. The Morgan fingerprint density at radius 2 is 2.05 bits per heavy atom. The molecule has 0 bridgehead atoms. The third kappa shape index (κ3) is 2.05. The average Bonchev–Trinajstić information content (AvgIpc) is 3.08. The van der Waals surface area contributed by atoms with Crippen molar-refractivity contribution in [2.24, 2.45) is 0 Å². The molecule has 4 rings (SSSR count). The van der Waals surface area contributed by atoms with Gasteiger partial charge >= 0.3 is 6.09 Å². The van der Waals surface area contributed by atoms with E-state index < -0.39 is 0 Å². The third-order valence-electron chi connectivity index (χ3n) is 4.19. The van der Waals surface area contributed by atoms with E-state index in [0.717, 1.165) is 30.4 Å². The predicted octanol–water partition coefficient (Wildman–Crippen LogP) is 3.02. The van der Waals surface area contributed by atoms with Crippen molar-refractivity contribution in [3.8, 4) is 11.1 Å². The van der Waals surface area contributed by atoms with Crippen molar-refractivity contribution in [3.05, 3.63) is 42.9 Å². The van der Waals surface area contributed by atoms with Crippen LogP contribution in [0.3, 0.4) is 0 Å². The number of pyridine rings is 2. The fourth-order valence-electron chi connectivity index (χ4n) is 3.16. The predicted molar refractivity (Wildman–Crippen MR) is 77.9 cm³/mol. The van der Waals surface area contributed by atoms with Crippen LogP contribution in [0.2, 0.25) is 0 Å². The highest BCUT2D eigenvalue weighted by Crippen LogP contribution is 2.36. The zero-order chi connectivity index (χ0) is 14.2. The molecule has 1 amide bonds. The van der Waals surface area contributed by atoms with Gasteiger partial charge in [-0.3, -0.25) is 9.88 Å². The van der Waals surface area contributed by atoms with Crippen LogP contribution in [0.1, 0.15) is 19.3 Å². The number of amides is 1. The quantitative estimate of drug-likeness (QED) is 0.849. The minimum Gasteiger partial charge on any atom is -0.444 e. The first-order valence-corrected chi connectivity index (χ1v) is 7.19. The number of hydrogen-bond acceptors (Lipinski definition) is 4. The van der Waals surface area contributed by atoms with Crippen molar-refractivity contribution in [3.63, 3.8) is 0 Å². The number of carbonyl (C=O) groups excluding carboxylic acids is 1. The fourth-order valence-corrected chi connectivity index (χ4v) is 3.16. The van der Waals surface area contributed by atoms with Gasteiger partial charge in [0.2, 0.25) is 0 Å². The van der Waals surface area contributed by atoms with Crippen molar-refractivity contribution in [2.75, 3.05) is 4.90 Å². The number of aromatic nitrogens is 2. The fraction of sp³-hybridized carbons (Fsp3) is 0.312. The molecule has 1 aliphatic carbocycles. The van der Waals surface area contributed by atoms with Crippen LogP contribution in [0.5, 0.6) is 0 Å². The van der Waals surface area contributed by atoms with Gasteiger partial charge in [-0.25, -0.2) is 9.78 Å². The van der Waals surface area contributed by atoms with E-state index in [1.807, 2.05) is 24.3 Å². The Hall–Kier alpha value is -2.43. The molecule has 21 heavy (non-hydrogen) atoms. The Morgan fingerprint density at radius 3 is 2.81 bits per heavy atom. The minimum absolute atomic E-state index is 0.0392. The molecule has 1 saturated carbocycles. The SMILES string of the molecule is O=C1O[C@H]2CCC[C@H]2N1c1ccc(-c2cccnc2)cn1. The van der Waals surface area contributed by atoms with Crippen molar-refractivity contribution < 1.29 is 9.53 Å². The van der Waals surface area contributed by atoms with Gasteiger partial charge in [0.15, 0.2) is 0 Å². The minimum atomic E-state index is -0.272. The van der Waals surface area contributed by atoms with Crippen molar-refractivity contribution >= 4 is 11.9 Å². The summed E-state index contributed by atoms with van der Waals surface area (Å²) >= 11 is 0. The van der Waals surface area contributed by atoms with Crippen LogP contribution in [-0.4, -0.2) is 28.2 Å². The summed E-state index contributed by atoms with van der Waals surface area (Å²) in [5, 5.41) is 0. The highest BCUT2D eigenvalue weighted by Gasteiger charge is 2.45. The van der Waals surface area contributed by atoms with Crippen molar-refractivity contribution in [2.45, 2.75) is 31.4 Å². The molecule has 1 saturated heterocycles. The van der Waals surface area contributed by atoms with E-state index in [4.69, 9.17) is 4.74 Å². The van der Waals surface area contributed by atoms with Gasteiger partial charge in [0, 0.05) is 29.7 Å². The number of ether oxygens (including phenoxy) is 1. The number of rotatable bonds is 2. The Labute approximate surface area is 122 Å². The van der Waals surface area contributed by atoms with Crippen molar-refractivity contribution in [1.29, 1.82) is 0 Å². The lowest BCUT2D eigenvalue weighted by molar-refractivity contribution is 0.138. The number of carbonyl (C=O) groups is 1. The highest BCUT2D eigenvalue weighted by molar-refractivity contribution is 5.90. The second-order valence-corrected chi connectivity index (χ2v) is 5.44. The molecule has 0 radical (unpaired) electrons. The smallest absolute Gasteiger partial charge is 0.416 e. The molecular weight excluding hydrogens is 266 g/mol. The van der Waals surface area contributed by atoms with Crippen LogP contribution in [0.4, 0.5) is 10.6 Å². The zero-order valence-electron chi connectivity index (χ0n) is 11.5. The second kappa shape index (κ2) is 4.84. The molecule has 3 heterocycles. The molecule has 5 heteroatoms. The molecule has 0 unspecified atom stereocenters. The first-order valence-electron chi connectivity index (χ1n) is 7.19. The molecule has 2 aromatic rings. The van der Waals surface area contributed by atoms with Gasteiger partial charge in [-0.05, 0) is 37.5 Å². The summed E-state index contributed by atoms with van der Waals surface area (Å²) in [6, 6.07) is 7.87. The molecule has 2 atom stereocenters. The average molecular weight is 281 g/mol. The molecule has 106 valence electrons. The standard InChI is InChI=1S/C16H15N3O2/c20-16-19(13-4-1-5-14(13)21-16)15-7-6-12(10-18-15)11-3-2-8-17-9-11/h2-3,6-10,13-14H,1,4-5H2/t13-,14+/m1/s1. The third-order valence-corrected chi connectivity index (χ3v) is 4.19. The van der Waals surface area contributed by atoms with Crippen LogP contribution in [0, 0.1) is 0 Å². The summed E-state index contributed by atoms with van der Waals surface area (Å²) in [6.45, 7) is 0. The number of fused-ring (bicyclic) bond motifs is 1. The molecule has 2 aliphatic rings. The lowest BCUT2D eigenvalue weighted by Crippen LogP contribution is -2.34. The van der Waals surface area contributed by atoms with Gasteiger partial charge < -0.3 is 4.74 Å². The van der Waals surface area contributed by atoms with E-state index in [2.05, 4.69) is 9.97 Å². The molecular formula is C16H15N3O2. The van der Waals surface area contributed by atoms with E-state index in [1.54, 1.807) is 23.5 Å².